The number of carbonyl (C=O) groups is 1. The maximum atomic E-state index is 12.4. The van der Waals surface area contributed by atoms with Gasteiger partial charge < -0.3 is 9.84 Å². The monoisotopic (exact) mass is 406 g/mol. The molecule has 0 radical (unpaired) electrons. The third-order valence-electron chi connectivity index (χ3n) is 5.13. The molecule has 0 atom stereocenters. The first-order valence-corrected chi connectivity index (χ1v) is 10.5. The Kier molecular flexibility index (Phi) is 6.32. The lowest BCUT2D eigenvalue weighted by atomic mass is 9.97. The topological polar surface area (TPSA) is 98.7 Å². The first-order valence-electron chi connectivity index (χ1n) is 10.5. The molecule has 0 unspecified atom stereocenters. The van der Waals surface area contributed by atoms with E-state index >= 15 is 0 Å². The Morgan fingerprint density at radius 2 is 2.20 bits per heavy atom. The Hall–Kier alpha value is -3.29. The largest absolute Gasteiger partial charge is 0.350 e. The van der Waals surface area contributed by atoms with Crippen LogP contribution >= 0.6 is 0 Å². The lowest BCUT2D eigenvalue weighted by Gasteiger charge is -2.12. The van der Waals surface area contributed by atoms with Gasteiger partial charge in [-0.1, -0.05) is 23.7 Å². The second-order valence-corrected chi connectivity index (χ2v) is 7.45. The van der Waals surface area contributed by atoms with Crippen LogP contribution in [0.3, 0.4) is 0 Å². The van der Waals surface area contributed by atoms with Gasteiger partial charge in [0.2, 0.25) is 0 Å². The highest BCUT2D eigenvalue weighted by Gasteiger charge is 2.13. The third kappa shape index (κ3) is 4.82. The molecule has 0 saturated heterocycles. The number of pyridine rings is 1. The van der Waals surface area contributed by atoms with Crippen LogP contribution in [0.15, 0.2) is 47.0 Å². The van der Waals surface area contributed by atoms with Crippen molar-refractivity contribution in [2.75, 3.05) is 6.54 Å². The minimum absolute atomic E-state index is 0.178. The number of rotatable bonds is 8. The lowest BCUT2D eigenvalue weighted by Crippen LogP contribution is -2.25. The summed E-state index contributed by atoms with van der Waals surface area (Å²) in [6.07, 6.45) is 14.7. The van der Waals surface area contributed by atoms with Crippen LogP contribution in [0.1, 0.15) is 61.8 Å². The molecule has 8 heteroatoms. The minimum Gasteiger partial charge on any atom is -0.350 e. The first-order chi connectivity index (χ1) is 14.7. The van der Waals surface area contributed by atoms with Gasteiger partial charge in [0.05, 0.1) is 0 Å². The zero-order valence-electron chi connectivity index (χ0n) is 17.2. The van der Waals surface area contributed by atoms with Crippen LogP contribution in [-0.4, -0.2) is 37.1 Å². The fraction of sp³-hybridized carbons (Fsp3) is 0.409. The molecule has 0 spiro atoms. The molecular weight excluding hydrogens is 380 g/mol. The highest BCUT2D eigenvalue weighted by atomic mass is 16.5. The van der Waals surface area contributed by atoms with E-state index in [1.807, 2.05) is 12.1 Å². The molecule has 3 heterocycles. The summed E-state index contributed by atoms with van der Waals surface area (Å²) in [5, 5.41) is 6.95. The summed E-state index contributed by atoms with van der Waals surface area (Å²) in [7, 11) is 0. The van der Waals surface area contributed by atoms with Gasteiger partial charge in [0.25, 0.3) is 11.8 Å². The zero-order chi connectivity index (χ0) is 20.8. The normalized spacial score (nSPS) is 13.8. The van der Waals surface area contributed by atoms with Gasteiger partial charge in [-0.3, -0.25) is 9.36 Å². The zero-order valence-corrected chi connectivity index (χ0v) is 17.2. The number of imidazole rings is 1. The van der Waals surface area contributed by atoms with Crippen molar-refractivity contribution in [2.24, 2.45) is 0 Å². The number of hydrogen-bond acceptors (Lipinski definition) is 6. The van der Waals surface area contributed by atoms with Crippen LogP contribution in [0.5, 0.6) is 0 Å². The smallest absolute Gasteiger partial charge is 0.271 e. The van der Waals surface area contributed by atoms with Crippen molar-refractivity contribution >= 4 is 5.91 Å². The summed E-state index contributed by atoms with van der Waals surface area (Å²) < 4.78 is 7.06. The summed E-state index contributed by atoms with van der Waals surface area (Å²) in [4.78, 5) is 25.4. The van der Waals surface area contributed by atoms with Crippen LogP contribution in [-0.2, 0) is 6.42 Å². The molecule has 1 aliphatic rings. The van der Waals surface area contributed by atoms with Crippen LogP contribution in [0.25, 0.3) is 17.3 Å². The second-order valence-electron chi connectivity index (χ2n) is 7.45. The van der Waals surface area contributed by atoms with E-state index in [9.17, 15) is 4.79 Å². The number of nitrogens with one attached hydrogen (secondary N) is 1. The van der Waals surface area contributed by atoms with Gasteiger partial charge in [-0.25, -0.2) is 9.97 Å². The Bertz CT molecular complexity index is 1040. The number of amides is 1. The molecule has 0 aromatic carbocycles. The van der Waals surface area contributed by atoms with Crippen molar-refractivity contribution < 1.29 is 9.32 Å². The van der Waals surface area contributed by atoms with Gasteiger partial charge >= 0.3 is 0 Å². The van der Waals surface area contributed by atoms with E-state index in [4.69, 9.17) is 4.52 Å². The summed E-state index contributed by atoms with van der Waals surface area (Å²) in [6, 6.07) is 3.65. The van der Waals surface area contributed by atoms with Gasteiger partial charge in [0.15, 0.2) is 5.82 Å². The van der Waals surface area contributed by atoms with Gasteiger partial charge in [-0.2, -0.15) is 4.98 Å². The average molecular weight is 406 g/mol. The fourth-order valence-electron chi connectivity index (χ4n) is 3.51. The molecule has 1 aliphatic carbocycles. The molecule has 156 valence electrons. The Morgan fingerprint density at radius 3 is 3.03 bits per heavy atom. The molecule has 0 fully saturated rings. The van der Waals surface area contributed by atoms with E-state index in [0.29, 0.717) is 29.8 Å². The van der Waals surface area contributed by atoms with E-state index in [0.717, 1.165) is 37.7 Å². The average Bonchev–Trinajstić information content (AvgIpc) is 3.45. The predicted octanol–water partition coefficient (Wildman–Crippen LogP) is 3.89. The van der Waals surface area contributed by atoms with Gasteiger partial charge in [-0.15, -0.1) is 0 Å². The summed E-state index contributed by atoms with van der Waals surface area (Å²) in [5.74, 6) is 1.60. The Balaban J connectivity index is 1.40. The first kappa shape index (κ1) is 20.0. The van der Waals surface area contributed by atoms with E-state index < -0.39 is 0 Å². The quantitative estimate of drug-likeness (QED) is 0.570. The molecule has 3 aromatic rings. The van der Waals surface area contributed by atoms with Gasteiger partial charge in [0, 0.05) is 30.9 Å². The number of carbonyl (C=O) groups excluding carboxylic acids is 1. The van der Waals surface area contributed by atoms with Crippen molar-refractivity contribution in [3.05, 3.63) is 54.0 Å². The highest BCUT2D eigenvalue weighted by molar-refractivity contribution is 5.92. The molecule has 0 saturated carbocycles. The Labute approximate surface area is 175 Å². The van der Waals surface area contributed by atoms with Crippen LogP contribution in [0.2, 0.25) is 0 Å². The molecule has 0 bridgehead atoms. The molecule has 8 nitrogen and oxygen atoms in total. The maximum Gasteiger partial charge on any atom is 0.271 e. The number of allylic oxidation sites excluding steroid dienone is 1. The lowest BCUT2D eigenvalue weighted by molar-refractivity contribution is 0.0949. The maximum absolute atomic E-state index is 12.4. The predicted molar refractivity (Wildman–Crippen MR) is 112 cm³/mol. The number of aromatic nitrogens is 5. The standard InChI is InChI=1S/C22H26N6O2/c1-2-6-19-26-22(30-27-19)17-10-12-23-20(13-17)28-14-18(25-15-28)21(29)24-11-9-16-7-4-3-5-8-16/h7,10,12-15H,2-6,8-9,11H2,1H3,(H,24,29). The van der Waals surface area contributed by atoms with E-state index in [-0.39, 0.29) is 5.91 Å². The molecule has 1 N–H and O–H groups in total. The van der Waals surface area contributed by atoms with Crippen molar-refractivity contribution in [3.63, 3.8) is 0 Å². The van der Waals surface area contributed by atoms with E-state index in [2.05, 4.69) is 38.4 Å². The molecule has 3 aromatic heterocycles. The fourth-order valence-corrected chi connectivity index (χ4v) is 3.51. The van der Waals surface area contributed by atoms with Crippen LogP contribution in [0, 0.1) is 0 Å². The van der Waals surface area contributed by atoms with Crippen LogP contribution in [0.4, 0.5) is 0 Å². The Morgan fingerprint density at radius 1 is 1.27 bits per heavy atom. The second kappa shape index (κ2) is 9.47. The molecule has 4 rings (SSSR count). The van der Waals surface area contributed by atoms with E-state index in [1.165, 1.54) is 18.4 Å². The van der Waals surface area contributed by atoms with Gasteiger partial charge in [-0.05, 0) is 50.7 Å². The summed E-state index contributed by atoms with van der Waals surface area (Å²) in [6.45, 7) is 2.70. The molecular formula is C22H26N6O2. The minimum atomic E-state index is -0.178. The molecule has 1 amide bonds. The van der Waals surface area contributed by atoms with Crippen molar-refractivity contribution in [1.82, 2.24) is 30.0 Å². The van der Waals surface area contributed by atoms with Crippen molar-refractivity contribution in [2.45, 2.75) is 51.9 Å². The molecule has 30 heavy (non-hydrogen) atoms. The SMILES string of the molecule is CCCc1noc(-c2ccnc(-n3cnc(C(=O)NCCC4=CCCCC4)c3)c2)n1. The van der Waals surface area contributed by atoms with E-state index in [1.54, 1.807) is 23.3 Å². The number of nitrogens with zero attached hydrogens (tertiary/aromatic N) is 5. The summed E-state index contributed by atoms with van der Waals surface area (Å²) in [5.41, 5.74) is 2.58. The number of aryl methyl sites for hydroxylation is 1. The van der Waals surface area contributed by atoms with Crippen molar-refractivity contribution in [1.29, 1.82) is 0 Å². The van der Waals surface area contributed by atoms with Crippen molar-refractivity contribution in [3.8, 4) is 17.3 Å². The highest BCUT2D eigenvalue weighted by Crippen LogP contribution is 2.20. The van der Waals surface area contributed by atoms with Gasteiger partial charge in [0.1, 0.15) is 17.8 Å². The summed E-state index contributed by atoms with van der Waals surface area (Å²) >= 11 is 0. The van der Waals surface area contributed by atoms with Crippen LogP contribution < -0.4 is 5.32 Å². The third-order valence-corrected chi connectivity index (χ3v) is 5.13. The molecule has 0 aliphatic heterocycles. The number of hydrogen-bond donors (Lipinski definition) is 1.